The van der Waals surface area contributed by atoms with Crippen LogP contribution in [0.3, 0.4) is 0 Å². The average Bonchev–Trinajstić information content (AvgIpc) is 3.19. The van der Waals surface area contributed by atoms with E-state index in [1.54, 1.807) is 61.5 Å². The highest BCUT2D eigenvalue weighted by Gasteiger charge is 2.29. The van der Waals surface area contributed by atoms with Gasteiger partial charge in [-0.15, -0.1) is 0 Å². The summed E-state index contributed by atoms with van der Waals surface area (Å²) in [5, 5.41) is 3.18. The Balaban J connectivity index is 1.64. The molecule has 0 aromatic heterocycles. The Morgan fingerprint density at radius 2 is 1.55 bits per heavy atom. The molecule has 0 aliphatic carbocycles. The molecule has 0 saturated carbocycles. The van der Waals surface area contributed by atoms with Crippen LogP contribution in [0.2, 0.25) is 5.02 Å². The van der Waals surface area contributed by atoms with Gasteiger partial charge in [0.1, 0.15) is 6.54 Å². The van der Waals surface area contributed by atoms with Gasteiger partial charge in [0.25, 0.3) is 15.9 Å². The molecule has 1 saturated heterocycles. The van der Waals surface area contributed by atoms with Gasteiger partial charge in [0.2, 0.25) is 5.91 Å². The third kappa shape index (κ3) is 6.19. The second kappa shape index (κ2) is 12.0. The van der Waals surface area contributed by atoms with Crippen molar-refractivity contribution >= 4 is 44.8 Å². The fraction of sp³-hybridized carbons (Fsp3) is 0.310. The van der Waals surface area contributed by atoms with Gasteiger partial charge in [-0.3, -0.25) is 13.9 Å². The van der Waals surface area contributed by atoms with Crippen LogP contribution in [-0.4, -0.2) is 44.8 Å². The van der Waals surface area contributed by atoms with Crippen LogP contribution in [0.15, 0.2) is 71.6 Å². The van der Waals surface area contributed by atoms with Gasteiger partial charge in [-0.2, -0.15) is 0 Å². The van der Waals surface area contributed by atoms with E-state index in [-0.39, 0.29) is 10.8 Å². The van der Waals surface area contributed by atoms with Crippen molar-refractivity contribution in [3.05, 3.63) is 88.4 Å². The monoisotopic (exact) mass is 553 g/mol. The fourth-order valence-electron chi connectivity index (χ4n) is 4.55. The molecule has 38 heavy (non-hydrogen) atoms. The predicted octanol–water partition coefficient (Wildman–Crippen LogP) is 5.81. The van der Waals surface area contributed by atoms with Crippen molar-refractivity contribution in [2.24, 2.45) is 0 Å². The SMILES string of the molecule is Cc1ccc(S(=O)(=O)N(CC(=O)Nc2ccccc2C(=O)N2CCCCCC2)c2cccc(Cl)c2C)cc1. The van der Waals surface area contributed by atoms with E-state index in [0.717, 1.165) is 35.6 Å². The third-order valence-electron chi connectivity index (χ3n) is 6.73. The molecule has 2 amide bonds. The first-order valence-electron chi connectivity index (χ1n) is 12.7. The summed E-state index contributed by atoms with van der Waals surface area (Å²) in [5.74, 6) is -0.714. The number of nitrogens with zero attached hydrogens (tertiary/aromatic N) is 2. The molecule has 0 spiro atoms. The Hall–Kier alpha value is -3.36. The second-order valence-electron chi connectivity index (χ2n) is 9.51. The molecule has 1 fully saturated rings. The smallest absolute Gasteiger partial charge is 0.264 e. The summed E-state index contributed by atoms with van der Waals surface area (Å²) in [6.45, 7) is 4.44. The first kappa shape index (κ1) is 27.7. The second-order valence-corrected chi connectivity index (χ2v) is 11.8. The summed E-state index contributed by atoms with van der Waals surface area (Å²) in [5.41, 5.74) is 2.49. The molecule has 9 heteroatoms. The summed E-state index contributed by atoms with van der Waals surface area (Å²) in [4.78, 5) is 28.5. The highest BCUT2D eigenvalue weighted by atomic mass is 35.5. The normalized spacial score (nSPS) is 14.0. The van der Waals surface area contributed by atoms with Crippen LogP contribution in [0, 0.1) is 13.8 Å². The Bertz CT molecular complexity index is 1420. The summed E-state index contributed by atoms with van der Waals surface area (Å²) in [6, 6.07) is 18.2. The Morgan fingerprint density at radius 3 is 2.24 bits per heavy atom. The number of nitrogens with one attached hydrogen (secondary N) is 1. The Kier molecular flexibility index (Phi) is 8.74. The van der Waals surface area contributed by atoms with Crippen LogP contribution >= 0.6 is 11.6 Å². The topological polar surface area (TPSA) is 86.8 Å². The maximum absolute atomic E-state index is 13.8. The van der Waals surface area contributed by atoms with Gasteiger partial charge in [-0.25, -0.2) is 8.42 Å². The zero-order valence-electron chi connectivity index (χ0n) is 21.6. The molecule has 0 bridgehead atoms. The van der Waals surface area contributed by atoms with E-state index in [2.05, 4.69) is 5.32 Å². The molecule has 1 aliphatic rings. The molecular formula is C29H32ClN3O4S. The van der Waals surface area contributed by atoms with E-state index in [4.69, 9.17) is 11.6 Å². The number of carbonyl (C=O) groups excluding carboxylic acids is 2. The van der Waals surface area contributed by atoms with Crippen molar-refractivity contribution < 1.29 is 18.0 Å². The minimum atomic E-state index is -4.11. The number of likely N-dealkylation sites (tertiary alicyclic amines) is 1. The van der Waals surface area contributed by atoms with E-state index in [0.29, 0.717) is 40.6 Å². The molecule has 0 radical (unpaired) electrons. The first-order valence-corrected chi connectivity index (χ1v) is 14.5. The highest BCUT2D eigenvalue weighted by molar-refractivity contribution is 7.92. The van der Waals surface area contributed by atoms with Gasteiger partial charge >= 0.3 is 0 Å². The van der Waals surface area contributed by atoms with Gasteiger partial charge in [-0.1, -0.05) is 60.3 Å². The van der Waals surface area contributed by atoms with Gasteiger partial charge in [0.05, 0.1) is 21.8 Å². The van der Waals surface area contributed by atoms with Crippen LogP contribution in [0.4, 0.5) is 11.4 Å². The van der Waals surface area contributed by atoms with Crippen molar-refractivity contribution in [3.63, 3.8) is 0 Å². The minimum absolute atomic E-state index is 0.0621. The molecule has 1 heterocycles. The first-order chi connectivity index (χ1) is 18.2. The van der Waals surface area contributed by atoms with Crippen LogP contribution in [-0.2, 0) is 14.8 Å². The number of anilines is 2. The molecule has 4 rings (SSSR count). The van der Waals surface area contributed by atoms with Crippen LogP contribution < -0.4 is 9.62 Å². The molecule has 1 N–H and O–H groups in total. The maximum Gasteiger partial charge on any atom is 0.264 e. The predicted molar refractivity (Wildman–Crippen MR) is 151 cm³/mol. The van der Waals surface area contributed by atoms with Crippen LogP contribution in [0.5, 0.6) is 0 Å². The molecule has 7 nitrogen and oxygen atoms in total. The number of hydrogen-bond acceptors (Lipinski definition) is 4. The number of para-hydroxylation sites is 1. The van der Waals surface area contributed by atoms with E-state index >= 15 is 0 Å². The van der Waals surface area contributed by atoms with Crippen molar-refractivity contribution in [2.75, 3.05) is 29.3 Å². The number of rotatable bonds is 7. The number of hydrogen-bond donors (Lipinski definition) is 1. The van der Waals surface area contributed by atoms with Gasteiger partial charge in [0, 0.05) is 18.1 Å². The zero-order valence-corrected chi connectivity index (χ0v) is 23.2. The van der Waals surface area contributed by atoms with Crippen molar-refractivity contribution in [1.82, 2.24) is 4.90 Å². The minimum Gasteiger partial charge on any atom is -0.339 e. The molecule has 0 unspecified atom stereocenters. The lowest BCUT2D eigenvalue weighted by molar-refractivity contribution is -0.114. The molecule has 0 atom stereocenters. The van der Waals surface area contributed by atoms with E-state index in [1.807, 2.05) is 11.8 Å². The average molecular weight is 554 g/mol. The van der Waals surface area contributed by atoms with Gasteiger partial charge in [0.15, 0.2) is 0 Å². The van der Waals surface area contributed by atoms with Gasteiger partial charge < -0.3 is 10.2 Å². The highest BCUT2D eigenvalue weighted by Crippen LogP contribution is 2.31. The number of benzene rings is 3. The van der Waals surface area contributed by atoms with E-state index < -0.39 is 22.5 Å². The largest absolute Gasteiger partial charge is 0.339 e. The van der Waals surface area contributed by atoms with Crippen LogP contribution in [0.1, 0.15) is 47.2 Å². The number of sulfonamides is 1. The van der Waals surface area contributed by atoms with Crippen LogP contribution in [0.25, 0.3) is 0 Å². The Labute approximate surface area is 229 Å². The number of halogens is 1. The number of amides is 2. The van der Waals surface area contributed by atoms with Crippen molar-refractivity contribution in [3.8, 4) is 0 Å². The molecule has 1 aliphatic heterocycles. The third-order valence-corrected chi connectivity index (χ3v) is 8.91. The van der Waals surface area contributed by atoms with Crippen molar-refractivity contribution in [2.45, 2.75) is 44.4 Å². The standard InChI is InChI=1S/C29H32ClN3O4S/c1-21-14-16-23(17-15-21)38(36,37)33(27-13-9-11-25(30)22(27)2)20-28(34)31-26-12-6-5-10-24(26)29(35)32-18-7-3-4-8-19-32/h5-6,9-17H,3-4,7-8,18-20H2,1-2H3,(H,31,34). The van der Waals surface area contributed by atoms with E-state index in [1.165, 1.54) is 12.1 Å². The number of aryl methyl sites for hydroxylation is 1. The van der Waals surface area contributed by atoms with Gasteiger partial charge in [-0.05, 0) is 68.7 Å². The quantitative estimate of drug-likeness (QED) is 0.400. The molecule has 3 aromatic carbocycles. The summed E-state index contributed by atoms with van der Waals surface area (Å²) >= 11 is 6.32. The molecule has 3 aromatic rings. The number of carbonyl (C=O) groups is 2. The molecule has 200 valence electrons. The maximum atomic E-state index is 13.8. The van der Waals surface area contributed by atoms with Crippen molar-refractivity contribution in [1.29, 1.82) is 0 Å². The fourth-order valence-corrected chi connectivity index (χ4v) is 6.19. The summed E-state index contributed by atoms with van der Waals surface area (Å²) < 4.78 is 28.6. The van der Waals surface area contributed by atoms with E-state index in [9.17, 15) is 18.0 Å². The summed E-state index contributed by atoms with van der Waals surface area (Å²) in [7, 11) is -4.11. The lowest BCUT2D eigenvalue weighted by atomic mass is 10.1. The summed E-state index contributed by atoms with van der Waals surface area (Å²) in [6.07, 6.45) is 4.09. The lowest BCUT2D eigenvalue weighted by Gasteiger charge is -2.26. The zero-order chi connectivity index (χ0) is 27.3. The Morgan fingerprint density at radius 1 is 0.895 bits per heavy atom. The lowest BCUT2D eigenvalue weighted by Crippen LogP contribution is -2.39. The molecular weight excluding hydrogens is 522 g/mol.